The Hall–Kier alpha value is -3.11. The molecule has 1 aliphatic rings. The molecule has 3 aromatic rings. The van der Waals surface area contributed by atoms with Gasteiger partial charge in [-0.2, -0.15) is 4.98 Å². The van der Waals surface area contributed by atoms with Crippen LogP contribution in [-0.2, 0) is 20.6 Å². The van der Waals surface area contributed by atoms with Gasteiger partial charge in [0.1, 0.15) is 18.5 Å². The minimum Gasteiger partial charge on any atom is -0.491 e. The quantitative estimate of drug-likeness (QED) is 0.550. The maximum absolute atomic E-state index is 13.0. The Labute approximate surface area is 179 Å². The van der Waals surface area contributed by atoms with Gasteiger partial charge in [-0.15, -0.1) is 0 Å². The van der Waals surface area contributed by atoms with Crippen molar-refractivity contribution < 1.29 is 9.84 Å². The van der Waals surface area contributed by atoms with Crippen LogP contribution in [-0.4, -0.2) is 62.7 Å². The summed E-state index contributed by atoms with van der Waals surface area (Å²) < 4.78 is 9.90. The van der Waals surface area contributed by atoms with Crippen LogP contribution in [0.5, 0.6) is 5.75 Å². The SMILES string of the molecule is Cc1cccc(OCC(O)Cn2c(N3CCNCC3)nc3c2c(=O)n(C)c(=O)n3C)c1. The molecule has 2 N–H and O–H groups in total. The van der Waals surface area contributed by atoms with E-state index in [0.29, 0.717) is 36.0 Å². The Morgan fingerprint density at radius 2 is 1.94 bits per heavy atom. The van der Waals surface area contributed by atoms with Crippen molar-refractivity contribution in [2.24, 2.45) is 14.1 Å². The zero-order chi connectivity index (χ0) is 22.1. The highest BCUT2D eigenvalue weighted by atomic mass is 16.5. The smallest absolute Gasteiger partial charge is 0.332 e. The fourth-order valence-corrected chi connectivity index (χ4v) is 3.88. The van der Waals surface area contributed by atoms with Gasteiger partial charge in [-0.1, -0.05) is 12.1 Å². The van der Waals surface area contributed by atoms with Crippen LogP contribution in [0.3, 0.4) is 0 Å². The number of hydrogen-bond donors (Lipinski definition) is 2. The molecule has 1 fully saturated rings. The zero-order valence-electron chi connectivity index (χ0n) is 18.0. The number of hydrogen-bond acceptors (Lipinski definition) is 7. The summed E-state index contributed by atoms with van der Waals surface area (Å²) in [6.45, 7) is 5.17. The van der Waals surface area contributed by atoms with Gasteiger partial charge in [0.05, 0.1) is 6.54 Å². The fourth-order valence-electron chi connectivity index (χ4n) is 3.88. The third-order valence-corrected chi connectivity index (χ3v) is 5.55. The zero-order valence-corrected chi connectivity index (χ0v) is 18.0. The van der Waals surface area contributed by atoms with Crippen LogP contribution < -0.4 is 26.2 Å². The summed E-state index contributed by atoms with van der Waals surface area (Å²) in [5.74, 6) is 1.25. The van der Waals surface area contributed by atoms with Gasteiger partial charge in [0.15, 0.2) is 11.2 Å². The number of anilines is 1. The predicted molar refractivity (Wildman–Crippen MR) is 118 cm³/mol. The summed E-state index contributed by atoms with van der Waals surface area (Å²) >= 11 is 0. The van der Waals surface area contributed by atoms with E-state index in [-0.39, 0.29) is 13.2 Å². The molecule has 10 heteroatoms. The first-order valence-electron chi connectivity index (χ1n) is 10.4. The van der Waals surface area contributed by atoms with Gasteiger partial charge in [-0.25, -0.2) is 4.79 Å². The van der Waals surface area contributed by atoms with Crippen molar-refractivity contribution in [1.82, 2.24) is 24.0 Å². The molecule has 3 heterocycles. The van der Waals surface area contributed by atoms with E-state index in [0.717, 1.165) is 23.2 Å². The van der Waals surface area contributed by atoms with Crippen molar-refractivity contribution in [2.75, 3.05) is 37.7 Å². The van der Waals surface area contributed by atoms with E-state index in [1.165, 1.54) is 11.6 Å². The van der Waals surface area contributed by atoms with E-state index >= 15 is 0 Å². The highest BCUT2D eigenvalue weighted by Gasteiger charge is 2.25. The summed E-state index contributed by atoms with van der Waals surface area (Å²) in [5.41, 5.74) is 0.815. The summed E-state index contributed by atoms with van der Waals surface area (Å²) in [6.07, 6.45) is -0.874. The Balaban J connectivity index is 1.70. The predicted octanol–water partition coefficient (Wildman–Crippen LogP) is -0.408. The molecule has 4 rings (SSSR count). The number of ether oxygens (including phenoxy) is 1. The average molecular weight is 428 g/mol. The number of aliphatic hydroxyl groups is 1. The van der Waals surface area contributed by atoms with Gasteiger partial charge in [0.25, 0.3) is 5.56 Å². The normalized spacial score (nSPS) is 15.4. The Kier molecular flexibility index (Phi) is 5.84. The molecular formula is C21H28N6O4. The monoisotopic (exact) mass is 428 g/mol. The number of nitrogens with one attached hydrogen (secondary N) is 1. The van der Waals surface area contributed by atoms with Crippen LogP contribution in [0, 0.1) is 6.92 Å². The lowest BCUT2D eigenvalue weighted by Gasteiger charge is -2.29. The summed E-state index contributed by atoms with van der Waals surface area (Å²) in [7, 11) is 3.05. The van der Waals surface area contributed by atoms with Gasteiger partial charge < -0.3 is 24.6 Å². The van der Waals surface area contributed by atoms with Crippen molar-refractivity contribution in [3.05, 3.63) is 50.7 Å². The van der Waals surface area contributed by atoms with E-state index < -0.39 is 17.4 Å². The molecule has 1 aromatic carbocycles. The lowest BCUT2D eigenvalue weighted by atomic mass is 10.2. The fraction of sp³-hybridized carbons (Fsp3) is 0.476. The molecule has 0 spiro atoms. The number of aromatic nitrogens is 4. The Morgan fingerprint density at radius 3 is 2.65 bits per heavy atom. The molecule has 2 aromatic heterocycles. The second kappa shape index (κ2) is 8.56. The van der Waals surface area contributed by atoms with Crippen molar-refractivity contribution >= 4 is 17.1 Å². The lowest BCUT2D eigenvalue weighted by Crippen LogP contribution is -2.45. The van der Waals surface area contributed by atoms with E-state index in [2.05, 4.69) is 15.2 Å². The molecule has 1 unspecified atom stereocenters. The highest BCUT2D eigenvalue weighted by molar-refractivity contribution is 5.74. The van der Waals surface area contributed by atoms with Gasteiger partial charge in [-0.3, -0.25) is 13.9 Å². The van der Waals surface area contributed by atoms with Crippen LogP contribution in [0.2, 0.25) is 0 Å². The topological polar surface area (TPSA) is 107 Å². The Bertz CT molecular complexity index is 1210. The standard InChI is InChI=1S/C21H28N6O4/c1-14-5-4-6-16(11-14)31-13-15(28)12-27-17-18(24(2)21(30)25(3)19(17)29)23-20(27)26-9-7-22-8-10-26/h4-6,11,15,22,28H,7-10,12-13H2,1-3H3. The first-order chi connectivity index (χ1) is 14.9. The first-order valence-corrected chi connectivity index (χ1v) is 10.4. The van der Waals surface area contributed by atoms with E-state index in [1.807, 2.05) is 31.2 Å². The maximum Gasteiger partial charge on any atom is 0.332 e. The summed E-state index contributed by atoms with van der Waals surface area (Å²) in [6, 6.07) is 7.61. The lowest BCUT2D eigenvalue weighted by molar-refractivity contribution is 0.0935. The van der Waals surface area contributed by atoms with Crippen LogP contribution in [0.25, 0.3) is 11.2 Å². The number of piperazine rings is 1. The van der Waals surface area contributed by atoms with Crippen LogP contribution in [0.4, 0.5) is 5.95 Å². The molecule has 1 atom stereocenters. The van der Waals surface area contributed by atoms with Gasteiger partial charge in [0, 0.05) is 40.3 Å². The summed E-state index contributed by atoms with van der Waals surface area (Å²) in [4.78, 5) is 32.1. The first kappa shape index (κ1) is 21.1. The highest BCUT2D eigenvalue weighted by Crippen LogP contribution is 2.21. The molecule has 0 radical (unpaired) electrons. The molecular weight excluding hydrogens is 400 g/mol. The maximum atomic E-state index is 13.0. The number of rotatable bonds is 6. The molecule has 0 saturated carbocycles. The molecule has 0 amide bonds. The second-order valence-corrected chi connectivity index (χ2v) is 7.92. The minimum atomic E-state index is -0.874. The van der Waals surface area contributed by atoms with Gasteiger partial charge in [0.2, 0.25) is 5.95 Å². The molecule has 0 bridgehead atoms. The third-order valence-electron chi connectivity index (χ3n) is 5.55. The van der Waals surface area contributed by atoms with Crippen LogP contribution >= 0.6 is 0 Å². The van der Waals surface area contributed by atoms with Crippen molar-refractivity contribution in [1.29, 1.82) is 0 Å². The minimum absolute atomic E-state index is 0.0657. The van der Waals surface area contributed by atoms with Crippen molar-refractivity contribution in [3.8, 4) is 5.75 Å². The third kappa shape index (κ3) is 4.08. The summed E-state index contributed by atoms with van der Waals surface area (Å²) in [5, 5.41) is 14.0. The molecule has 1 aliphatic heterocycles. The molecule has 0 aliphatic carbocycles. The van der Waals surface area contributed by atoms with Crippen LogP contribution in [0.15, 0.2) is 33.9 Å². The number of fused-ring (bicyclic) bond motifs is 1. The molecule has 166 valence electrons. The van der Waals surface area contributed by atoms with Gasteiger partial charge >= 0.3 is 5.69 Å². The van der Waals surface area contributed by atoms with Crippen LogP contribution in [0.1, 0.15) is 5.56 Å². The van der Waals surface area contributed by atoms with Crippen molar-refractivity contribution in [3.63, 3.8) is 0 Å². The second-order valence-electron chi connectivity index (χ2n) is 7.92. The molecule has 1 saturated heterocycles. The van der Waals surface area contributed by atoms with E-state index in [1.54, 1.807) is 11.6 Å². The van der Waals surface area contributed by atoms with E-state index in [9.17, 15) is 14.7 Å². The molecule has 31 heavy (non-hydrogen) atoms. The van der Waals surface area contributed by atoms with Gasteiger partial charge in [-0.05, 0) is 24.6 Å². The average Bonchev–Trinajstić information content (AvgIpc) is 3.14. The number of benzene rings is 1. The number of aryl methyl sites for hydroxylation is 2. The largest absolute Gasteiger partial charge is 0.491 e. The number of nitrogens with zero attached hydrogens (tertiary/aromatic N) is 5. The van der Waals surface area contributed by atoms with E-state index in [4.69, 9.17) is 4.74 Å². The number of imidazole rings is 1. The number of aliphatic hydroxyl groups excluding tert-OH is 1. The van der Waals surface area contributed by atoms with Crippen molar-refractivity contribution in [2.45, 2.75) is 19.6 Å². The molecule has 10 nitrogen and oxygen atoms in total. The Morgan fingerprint density at radius 1 is 1.19 bits per heavy atom.